The van der Waals surface area contributed by atoms with Gasteiger partial charge in [-0.25, -0.2) is 18.0 Å². The van der Waals surface area contributed by atoms with E-state index in [0.29, 0.717) is 6.92 Å². The van der Waals surface area contributed by atoms with E-state index < -0.39 is 29.9 Å². The Kier molecular flexibility index (Phi) is 3.41. The SMILES string of the molecule is CC(F)(F)COc1ccc(C(=O)O)c(F)c1. The van der Waals surface area contributed by atoms with Crippen molar-refractivity contribution >= 4 is 5.97 Å². The molecule has 0 aliphatic carbocycles. The van der Waals surface area contributed by atoms with Crippen LogP contribution in [0.5, 0.6) is 5.75 Å². The summed E-state index contributed by atoms with van der Waals surface area (Å²) in [4.78, 5) is 10.4. The summed E-state index contributed by atoms with van der Waals surface area (Å²) >= 11 is 0. The molecule has 6 heteroatoms. The first-order chi connectivity index (χ1) is 7.29. The first kappa shape index (κ1) is 12.4. The zero-order valence-electron chi connectivity index (χ0n) is 8.34. The summed E-state index contributed by atoms with van der Waals surface area (Å²) < 4.78 is 42.5. The van der Waals surface area contributed by atoms with Crippen LogP contribution in [0.15, 0.2) is 18.2 Å². The van der Waals surface area contributed by atoms with E-state index in [1.165, 1.54) is 0 Å². The molecule has 0 aliphatic rings. The molecule has 0 amide bonds. The first-order valence-corrected chi connectivity index (χ1v) is 4.33. The van der Waals surface area contributed by atoms with Gasteiger partial charge in [-0.05, 0) is 12.1 Å². The van der Waals surface area contributed by atoms with Gasteiger partial charge in [0.25, 0.3) is 5.92 Å². The second-order valence-electron chi connectivity index (χ2n) is 3.31. The Bertz CT molecular complexity index is 399. The number of carbonyl (C=O) groups is 1. The number of carboxylic acid groups (broad SMARTS) is 1. The number of ether oxygens (including phenoxy) is 1. The normalized spacial score (nSPS) is 11.2. The van der Waals surface area contributed by atoms with E-state index in [2.05, 4.69) is 4.74 Å². The minimum Gasteiger partial charge on any atom is -0.487 e. The maximum atomic E-state index is 13.1. The Morgan fingerprint density at radius 2 is 2.12 bits per heavy atom. The van der Waals surface area contributed by atoms with Crippen molar-refractivity contribution < 1.29 is 27.8 Å². The monoisotopic (exact) mass is 234 g/mol. The molecule has 0 aromatic heterocycles. The van der Waals surface area contributed by atoms with Crippen molar-refractivity contribution in [2.24, 2.45) is 0 Å². The van der Waals surface area contributed by atoms with Crippen molar-refractivity contribution in [2.75, 3.05) is 6.61 Å². The average Bonchev–Trinajstić information content (AvgIpc) is 2.13. The van der Waals surface area contributed by atoms with Crippen LogP contribution in [0.3, 0.4) is 0 Å². The van der Waals surface area contributed by atoms with Crippen LogP contribution in [0.4, 0.5) is 13.2 Å². The highest BCUT2D eigenvalue weighted by Crippen LogP contribution is 2.19. The molecule has 1 rings (SSSR count). The molecule has 0 radical (unpaired) electrons. The Morgan fingerprint density at radius 1 is 1.50 bits per heavy atom. The third-order valence-corrected chi connectivity index (χ3v) is 1.66. The van der Waals surface area contributed by atoms with E-state index in [1.807, 2.05) is 0 Å². The van der Waals surface area contributed by atoms with Crippen LogP contribution in [0.2, 0.25) is 0 Å². The van der Waals surface area contributed by atoms with Crippen molar-refractivity contribution in [3.63, 3.8) is 0 Å². The molecule has 0 saturated carbocycles. The molecular formula is C10H9F3O3. The molecule has 3 nitrogen and oxygen atoms in total. The minimum absolute atomic E-state index is 0.135. The topological polar surface area (TPSA) is 46.5 Å². The molecule has 0 unspecified atom stereocenters. The van der Waals surface area contributed by atoms with Gasteiger partial charge >= 0.3 is 5.97 Å². The molecule has 1 N–H and O–H groups in total. The highest BCUT2D eigenvalue weighted by atomic mass is 19.3. The van der Waals surface area contributed by atoms with E-state index in [0.717, 1.165) is 18.2 Å². The van der Waals surface area contributed by atoms with Crippen molar-refractivity contribution in [2.45, 2.75) is 12.8 Å². The molecule has 0 spiro atoms. The van der Waals surface area contributed by atoms with Crippen LogP contribution in [0, 0.1) is 5.82 Å². The Morgan fingerprint density at radius 3 is 2.56 bits per heavy atom. The lowest BCUT2D eigenvalue weighted by Gasteiger charge is -2.12. The van der Waals surface area contributed by atoms with Gasteiger partial charge in [-0.2, -0.15) is 0 Å². The van der Waals surface area contributed by atoms with E-state index in [1.54, 1.807) is 0 Å². The number of hydrogen-bond acceptors (Lipinski definition) is 2. The Balaban J connectivity index is 2.78. The summed E-state index contributed by atoms with van der Waals surface area (Å²) in [5.41, 5.74) is -0.532. The summed E-state index contributed by atoms with van der Waals surface area (Å²) in [7, 11) is 0. The smallest absolute Gasteiger partial charge is 0.338 e. The fraction of sp³-hybridized carbons (Fsp3) is 0.300. The number of rotatable bonds is 4. The summed E-state index contributed by atoms with van der Waals surface area (Å²) in [5.74, 6) is -5.61. The number of carboxylic acids is 1. The molecule has 88 valence electrons. The van der Waals surface area contributed by atoms with E-state index in [9.17, 15) is 18.0 Å². The highest BCUT2D eigenvalue weighted by molar-refractivity contribution is 5.88. The largest absolute Gasteiger partial charge is 0.487 e. The zero-order valence-corrected chi connectivity index (χ0v) is 8.34. The summed E-state index contributed by atoms with van der Waals surface area (Å²) in [5, 5.41) is 8.51. The third-order valence-electron chi connectivity index (χ3n) is 1.66. The number of hydrogen-bond donors (Lipinski definition) is 1. The van der Waals surface area contributed by atoms with Crippen LogP contribution in [0.1, 0.15) is 17.3 Å². The lowest BCUT2D eigenvalue weighted by atomic mass is 10.2. The van der Waals surface area contributed by atoms with Gasteiger partial charge in [0, 0.05) is 13.0 Å². The second-order valence-corrected chi connectivity index (χ2v) is 3.31. The Hall–Kier alpha value is -1.72. The number of alkyl halides is 2. The lowest BCUT2D eigenvalue weighted by Crippen LogP contribution is -2.21. The molecule has 0 fully saturated rings. The highest BCUT2D eigenvalue weighted by Gasteiger charge is 2.22. The van der Waals surface area contributed by atoms with Gasteiger partial charge in [-0.3, -0.25) is 0 Å². The van der Waals surface area contributed by atoms with Gasteiger partial charge in [0.15, 0.2) is 6.61 Å². The van der Waals surface area contributed by atoms with Crippen LogP contribution < -0.4 is 4.74 Å². The van der Waals surface area contributed by atoms with Crippen LogP contribution in [-0.2, 0) is 0 Å². The van der Waals surface area contributed by atoms with Crippen molar-refractivity contribution in [1.82, 2.24) is 0 Å². The fourth-order valence-electron chi connectivity index (χ4n) is 0.969. The van der Waals surface area contributed by atoms with Crippen molar-refractivity contribution in [3.8, 4) is 5.75 Å². The number of halogens is 3. The maximum Gasteiger partial charge on any atom is 0.338 e. The minimum atomic E-state index is -3.03. The van der Waals surface area contributed by atoms with Crippen LogP contribution in [0.25, 0.3) is 0 Å². The standard InChI is InChI=1S/C10H9F3O3/c1-10(12,13)5-16-6-2-3-7(9(14)15)8(11)4-6/h2-4H,5H2,1H3,(H,14,15). The predicted molar refractivity (Wildman–Crippen MR) is 49.5 cm³/mol. The molecule has 1 aromatic carbocycles. The lowest BCUT2D eigenvalue weighted by molar-refractivity contribution is -0.0230. The maximum absolute atomic E-state index is 13.1. The molecule has 0 atom stereocenters. The molecule has 1 aromatic rings. The summed E-state index contributed by atoms with van der Waals surface area (Å²) in [6.07, 6.45) is 0. The quantitative estimate of drug-likeness (QED) is 0.870. The molecule has 0 aliphatic heterocycles. The van der Waals surface area contributed by atoms with Gasteiger partial charge in [-0.1, -0.05) is 0 Å². The summed E-state index contributed by atoms with van der Waals surface area (Å²) in [6.45, 7) is -0.228. The summed E-state index contributed by atoms with van der Waals surface area (Å²) in [6, 6.07) is 2.84. The van der Waals surface area contributed by atoms with Gasteiger partial charge < -0.3 is 9.84 Å². The predicted octanol–water partition coefficient (Wildman–Crippen LogP) is 2.56. The van der Waals surface area contributed by atoms with Crippen LogP contribution >= 0.6 is 0 Å². The second kappa shape index (κ2) is 4.42. The van der Waals surface area contributed by atoms with E-state index >= 15 is 0 Å². The van der Waals surface area contributed by atoms with Gasteiger partial charge in [0.2, 0.25) is 0 Å². The van der Waals surface area contributed by atoms with E-state index in [-0.39, 0.29) is 5.75 Å². The first-order valence-electron chi connectivity index (χ1n) is 4.33. The van der Waals surface area contributed by atoms with Gasteiger partial charge in [-0.15, -0.1) is 0 Å². The Labute approximate surface area is 89.5 Å². The van der Waals surface area contributed by atoms with Crippen molar-refractivity contribution in [3.05, 3.63) is 29.6 Å². The molecule has 0 saturated heterocycles. The average molecular weight is 234 g/mol. The van der Waals surface area contributed by atoms with Gasteiger partial charge in [0.05, 0.1) is 5.56 Å². The van der Waals surface area contributed by atoms with Crippen LogP contribution in [-0.4, -0.2) is 23.6 Å². The van der Waals surface area contributed by atoms with E-state index in [4.69, 9.17) is 5.11 Å². The molecule has 16 heavy (non-hydrogen) atoms. The molecular weight excluding hydrogens is 225 g/mol. The number of benzene rings is 1. The number of aromatic carboxylic acids is 1. The third kappa shape index (κ3) is 3.45. The fourth-order valence-corrected chi connectivity index (χ4v) is 0.969. The van der Waals surface area contributed by atoms with Crippen molar-refractivity contribution in [1.29, 1.82) is 0 Å². The molecule has 0 heterocycles. The zero-order chi connectivity index (χ0) is 12.3. The molecule has 0 bridgehead atoms. The van der Waals surface area contributed by atoms with Gasteiger partial charge in [0.1, 0.15) is 11.6 Å².